The van der Waals surface area contributed by atoms with Crippen molar-refractivity contribution in [3.63, 3.8) is 0 Å². The quantitative estimate of drug-likeness (QED) is 0.447. The molecule has 0 saturated carbocycles. The van der Waals surface area contributed by atoms with E-state index in [0.717, 1.165) is 0 Å². The normalized spacial score (nSPS) is 10.6. The fourth-order valence-corrected chi connectivity index (χ4v) is 1.55. The summed E-state index contributed by atoms with van der Waals surface area (Å²) in [6, 6.07) is 2.86. The maximum absolute atomic E-state index is 11.0. The summed E-state index contributed by atoms with van der Waals surface area (Å²) < 4.78 is 10.1. The zero-order valence-corrected chi connectivity index (χ0v) is 11.1. The van der Waals surface area contributed by atoms with Gasteiger partial charge in [0.15, 0.2) is 5.75 Å². The van der Waals surface area contributed by atoms with Crippen molar-refractivity contribution >= 4 is 17.9 Å². The molecule has 1 aromatic heterocycles. The minimum Gasteiger partial charge on any atom is -0.493 e. The number of hydrogen-bond acceptors (Lipinski definition) is 9. The molecule has 0 fully saturated rings. The Kier molecular flexibility index (Phi) is 4.23. The maximum Gasteiger partial charge on any atom is 0.315 e. The number of tetrazole rings is 1. The second kappa shape index (κ2) is 6.27. The molecule has 110 valence electrons. The first-order valence-corrected chi connectivity index (χ1v) is 5.58. The zero-order valence-electron chi connectivity index (χ0n) is 11.1. The number of aromatic amines is 1. The molecule has 0 amide bonds. The van der Waals surface area contributed by atoms with E-state index in [9.17, 15) is 10.1 Å². The molecule has 21 heavy (non-hydrogen) atoms. The molecule has 0 radical (unpaired) electrons. The number of H-pyrrole nitrogens is 1. The SMILES string of the molecule is COc1cc(/C=N\Nc2nn[nH]n2)cc([N+](=O)[O-])c1OC. The summed E-state index contributed by atoms with van der Waals surface area (Å²) in [6.45, 7) is 0. The van der Waals surface area contributed by atoms with Crippen molar-refractivity contribution in [3.8, 4) is 11.5 Å². The molecule has 1 aromatic carbocycles. The van der Waals surface area contributed by atoms with Gasteiger partial charge < -0.3 is 9.47 Å². The molecule has 2 aromatic rings. The van der Waals surface area contributed by atoms with Crippen LogP contribution in [0, 0.1) is 10.1 Å². The van der Waals surface area contributed by atoms with Crippen molar-refractivity contribution in [1.82, 2.24) is 20.6 Å². The second-order valence-electron chi connectivity index (χ2n) is 3.64. The Labute approximate surface area is 118 Å². The van der Waals surface area contributed by atoms with Gasteiger partial charge in [-0.2, -0.15) is 10.3 Å². The van der Waals surface area contributed by atoms with Crippen LogP contribution in [0.4, 0.5) is 11.6 Å². The van der Waals surface area contributed by atoms with Gasteiger partial charge in [-0.05, 0) is 11.3 Å². The van der Waals surface area contributed by atoms with E-state index in [1.165, 1.54) is 26.5 Å². The van der Waals surface area contributed by atoms with Gasteiger partial charge in [0.2, 0.25) is 5.75 Å². The van der Waals surface area contributed by atoms with Crippen LogP contribution in [0.5, 0.6) is 11.5 Å². The van der Waals surface area contributed by atoms with Gasteiger partial charge in [-0.15, -0.1) is 5.10 Å². The second-order valence-corrected chi connectivity index (χ2v) is 3.64. The molecule has 1 heterocycles. The van der Waals surface area contributed by atoms with Crippen LogP contribution in [0.3, 0.4) is 0 Å². The summed E-state index contributed by atoms with van der Waals surface area (Å²) >= 11 is 0. The van der Waals surface area contributed by atoms with Crippen LogP contribution in [-0.2, 0) is 0 Å². The molecule has 0 bridgehead atoms. The van der Waals surface area contributed by atoms with E-state index in [-0.39, 0.29) is 23.1 Å². The lowest BCUT2D eigenvalue weighted by atomic mass is 10.2. The van der Waals surface area contributed by atoms with Crippen molar-refractivity contribution in [2.45, 2.75) is 0 Å². The van der Waals surface area contributed by atoms with Gasteiger partial charge in [0, 0.05) is 11.6 Å². The number of aromatic nitrogens is 4. The minimum absolute atomic E-state index is 0.0470. The smallest absolute Gasteiger partial charge is 0.315 e. The predicted octanol–water partition coefficient (Wildman–Crippen LogP) is 0.571. The third kappa shape index (κ3) is 3.20. The molecular formula is C10H11N7O4. The van der Waals surface area contributed by atoms with Crippen molar-refractivity contribution in [2.24, 2.45) is 5.10 Å². The van der Waals surface area contributed by atoms with E-state index in [1.807, 2.05) is 0 Å². The Morgan fingerprint density at radius 1 is 1.43 bits per heavy atom. The van der Waals surface area contributed by atoms with Crippen LogP contribution in [0.15, 0.2) is 17.2 Å². The monoisotopic (exact) mass is 293 g/mol. The molecule has 11 heteroatoms. The summed E-state index contributed by atoms with van der Waals surface area (Å²) in [4.78, 5) is 10.5. The van der Waals surface area contributed by atoms with Crippen LogP contribution in [0.25, 0.3) is 0 Å². The van der Waals surface area contributed by atoms with Crippen molar-refractivity contribution < 1.29 is 14.4 Å². The highest BCUT2D eigenvalue weighted by Crippen LogP contribution is 2.37. The van der Waals surface area contributed by atoms with Crippen molar-refractivity contribution in [2.75, 3.05) is 19.6 Å². The summed E-state index contributed by atoms with van der Waals surface area (Å²) in [7, 11) is 2.72. The van der Waals surface area contributed by atoms with Gasteiger partial charge in [0.1, 0.15) is 0 Å². The Morgan fingerprint density at radius 2 is 2.24 bits per heavy atom. The highest BCUT2D eigenvalue weighted by atomic mass is 16.6. The molecule has 11 nitrogen and oxygen atoms in total. The number of methoxy groups -OCH3 is 2. The van der Waals surface area contributed by atoms with Gasteiger partial charge in [-0.25, -0.2) is 5.43 Å². The fourth-order valence-electron chi connectivity index (χ4n) is 1.55. The van der Waals surface area contributed by atoms with Gasteiger partial charge in [0.25, 0.3) is 5.95 Å². The van der Waals surface area contributed by atoms with E-state index in [1.54, 1.807) is 6.07 Å². The Bertz CT molecular complexity index is 656. The number of hydrogen-bond donors (Lipinski definition) is 2. The Balaban J connectivity index is 2.29. The number of anilines is 1. The third-order valence-electron chi connectivity index (χ3n) is 2.40. The molecule has 0 aliphatic heterocycles. The highest BCUT2D eigenvalue weighted by molar-refractivity contribution is 5.83. The van der Waals surface area contributed by atoms with E-state index in [0.29, 0.717) is 5.56 Å². The number of rotatable bonds is 6. The third-order valence-corrected chi connectivity index (χ3v) is 2.40. The van der Waals surface area contributed by atoms with E-state index in [2.05, 4.69) is 31.2 Å². The van der Waals surface area contributed by atoms with Crippen molar-refractivity contribution in [1.29, 1.82) is 0 Å². The first kappa shape index (κ1) is 14.2. The molecule has 2 N–H and O–H groups in total. The number of ether oxygens (including phenoxy) is 2. The number of nitrogens with one attached hydrogen (secondary N) is 2. The van der Waals surface area contributed by atoms with Crippen molar-refractivity contribution in [3.05, 3.63) is 27.8 Å². The lowest BCUT2D eigenvalue weighted by Crippen LogP contribution is -1.99. The standard InChI is InChI=1S/C10H11N7O4/c1-20-8-4-6(3-7(17(18)19)9(8)21-2)5-11-12-10-13-15-16-14-10/h3-5H,1-2H3,(H2,12,13,14,15,16)/b11-5-. The fraction of sp³-hybridized carbons (Fsp3) is 0.200. The molecule has 0 spiro atoms. The largest absolute Gasteiger partial charge is 0.493 e. The first-order chi connectivity index (χ1) is 10.2. The van der Waals surface area contributed by atoms with Gasteiger partial charge in [-0.3, -0.25) is 10.1 Å². The topological polar surface area (TPSA) is 140 Å². The van der Waals surface area contributed by atoms with Gasteiger partial charge in [-0.1, -0.05) is 5.10 Å². The summed E-state index contributed by atoms with van der Waals surface area (Å²) in [5.74, 6) is 0.444. The predicted molar refractivity (Wildman–Crippen MR) is 71.6 cm³/mol. The summed E-state index contributed by atoms with van der Waals surface area (Å²) in [6.07, 6.45) is 1.35. The maximum atomic E-state index is 11.0. The van der Waals surface area contributed by atoms with E-state index >= 15 is 0 Å². The van der Waals surface area contributed by atoms with Crippen LogP contribution in [-0.4, -0.2) is 46.0 Å². The first-order valence-electron chi connectivity index (χ1n) is 5.58. The molecule has 0 aliphatic carbocycles. The highest BCUT2D eigenvalue weighted by Gasteiger charge is 2.20. The number of benzene rings is 1. The number of hydrazone groups is 1. The molecule has 0 aliphatic rings. The minimum atomic E-state index is -0.564. The molecule has 0 unspecified atom stereocenters. The number of nitrogens with zero attached hydrogens (tertiary/aromatic N) is 5. The van der Waals surface area contributed by atoms with Gasteiger partial charge in [0.05, 0.1) is 25.4 Å². The molecule has 0 saturated heterocycles. The average Bonchev–Trinajstić information content (AvgIpc) is 2.99. The Morgan fingerprint density at radius 3 is 2.81 bits per heavy atom. The van der Waals surface area contributed by atoms with Crippen LogP contribution in [0.2, 0.25) is 0 Å². The van der Waals surface area contributed by atoms with Crippen LogP contribution < -0.4 is 14.9 Å². The van der Waals surface area contributed by atoms with Gasteiger partial charge >= 0.3 is 5.69 Å². The molecule has 2 rings (SSSR count). The number of nitro benzene ring substituents is 1. The zero-order chi connectivity index (χ0) is 15.2. The molecule has 0 atom stereocenters. The lowest BCUT2D eigenvalue weighted by molar-refractivity contribution is -0.385. The van der Waals surface area contributed by atoms with E-state index in [4.69, 9.17) is 9.47 Å². The van der Waals surface area contributed by atoms with Crippen LogP contribution >= 0.6 is 0 Å². The Hall–Kier alpha value is -3.24. The average molecular weight is 293 g/mol. The lowest BCUT2D eigenvalue weighted by Gasteiger charge is -2.08. The molecular weight excluding hydrogens is 282 g/mol. The van der Waals surface area contributed by atoms with Crippen LogP contribution in [0.1, 0.15) is 5.56 Å². The van der Waals surface area contributed by atoms with E-state index < -0.39 is 4.92 Å². The summed E-state index contributed by atoms with van der Waals surface area (Å²) in [5.41, 5.74) is 2.72. The number of nitro groups is 1. The summed E-state index contributed by atoms with van der Waals surface area (Å²) in [5, 5.41) is 27.7.